The molecule has 24 heavy (non-hydrogen) atoms. The van der Waals surface area contributed by atoms with Crippen LogP contribution in [0.25, 0.3) is 28.2 Å². The van der Waals surface area contributed by atoms with Crippen molar-refractivity contribution in [1.29, 1.82) is 0 Å². The molecule has 0 aliphatic heterocycles. The minimum absolute atomic E-state index is 0.880. The van der Waals surface area contributed by atoms with E-state index in [1.165, 1.54) is 5.52 Å². The summed E-state index contributed by atoms with van der Waals surface area (Å²) in [6.45, 7) is 5.15. The fourth-order valence-electron chi connectivity index (χ4n) is 3.03. The van der Waals surface area contributed by atoms with Gasteiger partial charge in [-0.15, -0.1) is 0 Å². The second kappa shape index (κ2) is 5.63. The van der Waals surface area contributed by atoms with Gasteiger partial charge in [0.25, 0.3) is 0 Å². The molecule has 122 valence electrons. The zero-order valence-electron chi connectivity index (χ0n) is 14.1. The van der Waals surface area contributed by atoms with Crippen LogP contribution in [0.15, 0.2) is 43.1 Å². The van der Waals surface area contributed by atoms with Crippen LogP contribution in [0.1, 0.15) is 19.2 Å². The summed E-state index contributed by atoms with van der Waals surface area (Å²) in [4.78, 5) is 13.4. The SMILES string of the molecule is CCCn1cnc2cc(-n3ccnc3-c3cnc(C)n3C)ccc21. The molecule has 6 nitrogen and oxygen atoms in total. The number of fused-ring (bicyclic) bond motifs is 1. The number of aromatic nitrogens is 6. The maximum Gasteiger partial charge on any atom is 0.162 e. The van der Waals surface area contributed by atoms with Gasteiger partial charge in [0.15, 0.2) is 5.82 Å². The molecule has 3 heterocycles. The number of hydrogen-bond acceptors (Lipinski definition) is 3. The molecule has 0 amide bonds. The third-order valence-electron chi connectivity index (χ3n) is 4.44. The lowest BCUT2D eigenvalue weighted by atomic mass is 10.2. The third-order valence-corrected chi connectivity index (χ3v) is 4.44. The van der Waals surface area contributed by atoms with Crippen LogP contribution in [0.4, 0.5) is 0 Å². The van der Waals surface area contributed by atoms with Crippen LogP contribution in [-0.4, -0.2) is 28.7 Å². The fraction of sp³-hybridized carbons (Fsp3) is 0.278. The van der Waals surface area contributed by atoms with Crippen molar-refractivity contribution < 1.29 is 0 Å². The highest BCUT2D eigenvalue weighted by molar-refractivity contribution is 5.78. The summed E-state index contributed by atoms with van der Waals surface area (Å²) in [6.07, 6.45) is 8.66. The monoisotopic (exact) mass is 320 g/mol. The van der Waals surface area contributed by atoms with Crippen LogP contribution in [0.3, 0.4) is 0 Å². The number of imidazole rings is 3. The van der Waals surface area contributed by atoms with Crippen molar-refractivity contribution in [3.05, 3.63) is 48.9 Å². The zero-order valence-corrected chi connectivity index (χ0v) is 14.1. The summed E-state index contributed by atoms with van der Waals surface area (Å²) in [7, 11) is 2.01. The molecule has 6 heteroatoms. The predicted octanol–water partition coefficient (Wildman–Crippen LogP) is 3.34. The Morgan fingerprint density at radius 2 is 2.00 bits per heavy atom. The van der Waals surface area contributed by atoms with Gasteiger partial charge in [0.05, 0.1) is 23.6 Å². The topological polar surface area (TPSA) is 53.5 Å². The fourth-order valence-corrected chi connectivity index (χ4v) is 3.03. The van der Waals surface area contributed by atoms with Crippen LogP contribution in [0.5, 0.6) is 0 Å². The van der Waals surface area contributed by atoms with E-state index in [0.717, 1.165) is 41.5 Å². The van der Waals surface area contributed by atoms with Gasteiger partial charge in [-0.3, -0.25) is 4.57 Å². The van der Waals surface area contributed by atoms with Gasteiger partial charge in [0, 0.05) is 31.7 Å². The minimum Gasteiger partial charge on any atom is -0.331 e. The Labute approximate surface area is 140 Å². The van der Waals surface area contributed by atoms with Gasteiger partial charge in [0.2, 0.25) is 0 Å². The second-order valence-corrected chi connectivity index (χ2v) is 5.98. The van der Waals surface area contributed by atoms with Crippen LogP contribution in [-0.2, 0) is 13.6 Å². The molecule has 0 saturated heterocycles. The van der Waals surface area contributed by atoms with Crippen molar-refractivity contribution >= 4 is 11.0 Å². The highest BCUT2D eigenvalue weighted by atomic mass is 15.1. The standard InChI is InChI=1S/C18H20N6/c1-4-8-23-12-21-15-10-14(5-6-16(15)23)24-9-7-19-18(24)17-11-20-13(2)22(17)3/h5-7,9-12H,4,8H2,1-3H3. The number of rotatable bonds is 4. The van der Waals surface area contributed by atoms with Crippen molar-refractivity contribution in [2.75, 3.05) is 0 Å². The number of nitrogens with zero attached hydrogens (tertiary/aromatic N) is 6. The third kappa shape index (κ3) is 2.22. The van der Waals surface area contributed by atoms with Crippen molar-refractivity contribution in [2.45, 2.75) is 26.8 Å². The summed E-state index contributed by atoms with van der Waals surface area (Å²) in [5.41, 5.74) is 4.21. The molecule has 0 radical (unpaired) electrons. The van der Waals surface area contributed by atoms with Gasteiger partial charge < -0.3 is 9.13 Å². The molecule has 0 N–H and O–H groups in total. The smallest absolute Gasteiger partial charge is 0.162 e. The Hall–Kier alpha value is -2.89. The van der Waals surface area contributed by atoms with Gasteiger partial charge in [-0.1, -0.05) is 6.92 Å². The Kier molecular flexibility index (Phi) is 3.45. The van der Waals surface area contributed by atoms with E-state index in [-0.39, 0.29) is 0 Å². The normalized spacial score (nSPS) is 11.5. The van der Waals surface area contributed by atoms with Crippen LogP contribution in [0, 0.1) is 6.92 Å². The van der Waals surface area contributed by atoms with E-state index < -0.39 is 0 Å². The van der Waals surface area contributed by atoms with Crippen molar-refractivity contribution in [2.24, 2.45) is 7.05 Å². The molecule has 0 spiro atoms. The number of benzene rings is 1. The van der Waals surface area contributed by atoms with Crippen LogP contribution < -0.4 is 0 Å². The first kappa shape index (κ1) is 14.7. The Morgan fingerprint density at radius 3 is 2.75 bits per heavy atom. The summed E-state index contributed by atoms with van der Waals surface area (Å²) in [6, 6.07) is 6.35. The van der Waals surface area contributed by atoms with Gasteiger partial charge in [-0.05, 0) is 31.5 Å². The molecule has 0 bridgehead atoms. The van der Waals surface area contributed by atoms with E-state index in [9.17, 15) is 0 Å². The minimum atomic E-state index is 0.880. The lowest BCUT2D eigenvalue weighted by Gasteiger charge is -2.09. The Balaban J connectivity index is 1.81. The van der Waals surface area contributed by atoms with E-state index in [2.05, 4.69) is 49.2 Å². The Morgan fingerprint density at radius 1 is 1.12 bits per heavy atom. The molecular formula is C18H20N6. The average Bonchev–Trinajstić information content (AvgIpc) is 3.28. The highest BCUT2D eigenvalue weighted by Crippen LogP contribution is 2.24. The molecule has 0 aliphatic rings. The van der Waals surface area contributed by atoms with E-state index in [4.69, 9.17) is 0 Å². The maximum absolute atomic E-state index is 4.54. The lowest BCUT2D eigenvalue weighted by Crippen LogP contribution is -2.01. The zero-order chi connectivity index (χ0) is 16.7. The average molecular weight is 320 g/mol. The summed E-state index contributed by atoms with van der Waals surface area (Å²) >= 11 is 0. The molecular weight excluding hydrogens is 300 g/mol. The van der Waals surface area contributed by atoms with Gasteiger partial charge >= 0.3 is 0 Å². The summed E-state index contributed by atoms with van der Waals surface area (Å²) in [5, 5.41) is 0. The van der Waals surface area contributed by atoms with Crippen molar-refractivity contribution in [3.63, 3.8) is 0 Å². The van der Waals surface area contributed by atoms with E-state index in [1.54, 1.807) is 0 Å². The van der Waals surface area contributed by atoms with Crippen LogP contribution >= 0.6 is 0 Å². The molecule has 1 aromatic carbocycles. The first-order valence-corrected chi connectivity index (χ1v) is 8.16. The van der Waals surface area contributed by atoms with E-state index in [1.807, 2.05) is 43.5 Å². The highest BCUT2D eigenvalue weighted by Gasteiger charge is 2.13. The second-order valence-electron chi connectivity index (χ2n) is 5.98. The summed E-state index contributed by atoms with van der Waals surface area (Å²) in [5.74, 6) is 1.85. The first-order chi connectivity index (χ1) is 11.7. The van der Waals surface area contributed by atoms with Crippen molar-refractivity contribution in [1.82, 2.24) is 28.7 Å². The van der Waals surface area contributed by atoms with E-state index >= 15 is 0 Å². The summed E-state index contributed by atoms with van der Waals surface area (Å²) < 4.78 is 6.32. The largest absolute Gasteiger partial charge is 0.331 e. The van der Waals surface area contributed by atoms with E-state index in [0.29, 0.717) is 0 Å². The molecule has 0 saturated carbocycles. The van der Waals surface area contributed by atoms with Gasteiger partial charge in [-0.25, -0.2) is 15.0 Å². The van der Waals surface area contributed by atoms with Crippen LogP contribution in [0.2, 0.25) is 0 Å². The first-order valence-electron chi connectivity index (χ1n) is 8.16. The molecule has 4 rings (SSSR count). The molecule has 0 atom stereocenters. The maximum atomic E-state index is 4.54. The lowest BCUT2D eigenvalue weighted by molar-refractivity contribution is 0.697. The molecule has 0 aliphatic carbocycles. The molecule has 0 unspecified atom stereocenters. The number of aryl methyl sites for hydroxylation is 2. The van der Waals surface area contributed by atoms with Gasteiger partial charge in [-0.2, -0.15) is 0 Å². The molecule has 3 aromatic heterocycles. The quantitative estimate of drug-likeness (QED) is 0.579. The molecule has 0 fully saturated rings. The number of hydrogen-bond donors (Lipinski definition) is 0. The Bertz CT molecular complexity index is 1000. The van der Waals surface area contributed by atoms with Crippen molar-refractivity contribution in [3.8, 4) is 17.2 Å². The van der Waals surface area contributed by atoms with Gasteiger partial charge in [0.1, 0.15) is 11.5 Å². The predicted molar refractivity (Wildman–Crippen MR) is 94.1 cm³/mol. The molecule has 4 aromatic rings.